The van der Waals surface area contributed by atoms with E-state index in [0.717, 1.165) is 0 Å². The van der Waals surface area contributed by atoms with Crippen molar-refractivity contribution in [3.05, 3.63) is 48.3 Å². The summed E-state index contributed by atoms with van der Waals surface area (Å²) in [4.78, 5) is 22.4. The molecule has 1 aromatic rings. The molecule has 1 rings (SSSR count). The van der Waals surface area contributed by atoms with Crippen LogP contribution < -0.4 is 5.32 Å². The number of benzene rings is 1. The lowest BCUT2D eigenvalue weighted by Crippen LogP contribution is -2.41. The summed E-state index contributed by atoms with van der Waals surface area (Å²) in [6.45, 7) is 3.43. The number of hydrogen-bond donors (Lipinski definition) is 2. The standard InChI is InChI=1S/C13H14FNO3/c1-2-3-11(13(17)18)15-12(16)8-9-4-6-10(14)7-5-9/h2,4-7,11H,1,3,8H2,(H,15,16)(H,17,18)/t11-/m0/s1. The van der Waals surface area contributed by atoms with Crippen LogP contribution in [-0.2, 0) is 16.0 Å². The Labute approximate surface area is 104 Å². The van der Waals surface area contributed by atoms with E-state index in [9.17, 15) is 14.0 Å². The third-order valence-electron chi connectivity index (χ3n) is 2.31. The van der Waals surface area contributed by atoms with E-state index >= 15 is 0 Å². The van der Waals surface area contributed by atoms with E-state index in [4.69, 9.17) is 5.11 Å². The Balaban J connectivity index is 2.57. The normalized spacial score (nSPS) is 11.6. The van der Waals surface area contributed by atoms with Gasteiger partial charge in [-0.05, 0) is 24.1 Å². The summed E-state index contributed by atoms with van der Waals surface area (Å²) in [6, 6.07) is 4.49. The second kappa shape index (κ2) is 6.54. The first kappa shape index (κ1) is 13.9. The maximum Gasteiger partial charge on any atom is 0.326 e. The molecule has 0 radical (unpaired) electrons. The van der Waals surface area contributed by atoms with Gasteiger partial charge in [-0.1, -0.05) is 18.2 Å². The maximum absolute atomic E-state index is 12.7. The highest BCUT2D eigenvalue weighted by molar-refractivity contribution is 5.84. The van der Waals surface area contributed by atoms with Crippen molar-refractivity contribution < 1.29 is 19.1 Å². The number of carbonyl (C=O) groups excluding carboxylic acids is 1. The molecule has 18 heavy (non-hydrogen) atoms. The number of carboxylic acids is 1. The van der Waals surface area contributed by atoms with Crippen molar-refractivity contribution in [2.75, 3.05) is 0 Å². The molecule has 96 valence electrons. The van der Waals surface area contributed by atoms with Crippen molar-refractivity contribution in [2.24, 2.45) is 0 Å². The Bertz CT molecular complexity index is 442. The van der Waals surface area contributed by atoms with Crippen LogP contribution in [0.1, 0.15) is 12.0 Å². The van der Waals surface area contributed by atoms with Gasteiger partial charge in [-0.2, -0.15) is 0 Å². The number of hydrogen-bond acceptors (Lipinski definition) is 2. The Hall–Kier alpha value is -2.17. The van der Waals surface area contributed by atoms with Crippen LogP contribution in [0.5, 0.6) is 0 Å². The largest absolute Gasteiger partial charge is 0.480 e. The zero-order chi connectivity index (χ0) is 13.5. The van der Waals surface area contributed by atoms with Gasteiger partial charge < -0.3 is 10.4 Å². The number of carboxylic acid groups (broad SMARTS) is 1. The van der Waals surface area contributed by atoms with Gasteiger partial charge in [0.25, 0.3) is 0 Å². The van der Waals surface area contributed by atoms with Crippen molar-refractivity contribution in [1.82, 2.24) is 5.32 Å². The quantitative estimate of drug-likeness (QED) is 0.753. The van der Waals surface area contributed by atoms with Crippen molar-refractivity contribution in [2.45, 2.75) is 18.9 Å². The van der Waals surface area contributed by atoms with Crippen LogP contribution in [-0.4, -0.2) is 23.0 Å². The summed E-state index contributed by atoms with van der Waals surface area (Å²) < 4.78 is 12.7. The molecule has 2 N–H and O–H groups in total. The molecule has 4 nitrogen and oxygen atoms in total. The SMILES string of the molecule is C=CC[C@H](NC(=O)Cc1ccc(F)cc1)C(=O)O. The molecule has 0 aliphatic heterocycles. The summed E-state index contributed by atoms with van der Waals surface area (Å²) in [5.74, 6) is -1.91. The lowest BCUT2D eigenvalue weighted by molar-refractivity contribution is -0.141. The van der Waals surface area contributed by atoms with Gasteiger partial charge in [0.2, 0.25) is 5.91 Å². The molecule has 1 aromatic carbocycles. The molecule has 5 heteroatoms. The second-order valence-corrected chi connectivity index (χ2v) is 3.79. The number of carbonyl (C=O) groups is 2. The molecule has 0 spiro atoms. The topological polar surface area (TPSA) is 66.4 Å². The minimum atomic E-state index is -1.11. The van der Waals surface area contributed by atoms with Gasteiger partial charge in [-0.15, -0.1) is 6.58 Å². The monoisotopic (exact) mass is 251 g/mol. The predicted octanol–water partition coefficient (Wildman–Crippen LogP) is 1.51. The van der Waals surface area contributed by atoms with Gasteiger partial charge in [-0.25, -0.2) is 9.18 Å². The highest BCUT2D eigenvalue weighted by Crippen LogP contribution is 2.04. The van der Waals surface area contributed by atoms with Crippen molar-refractivity contribution in [3.8, 4) is 0 Å². The minimum Gasteiger partial charge on any atom is -0.480 e. The summed E-state index contributed by atoms with van der Waals surface area (Å²) >= 11 is 0. The maximum atomic E-state index is 12.7. The first-order valence-corrected chi connectivity index (χ1v) is 5.40. The summed E-state index contributed by atoms with van der Waals surface area (Å²) in [6.07, 6.45) is 1.60. The van der Waals surface area contributed by atoms with Crippen molar-refractivity contribution in [3.63, 3.8) is 0 Å². The lowest BCUT2D eigenvalue weighted by Gasteiger charge is -2.12. The van der Waals surface area contributed by atoms with Crippen LogP contribution in [0.15, 0.2) is 36.9 Å². The van der Waals surface area contributed by atoms with Gasteiger partial charge in [0.15, 0.2) is 0 Å². The fourth-order valence-corrected chi connectivity index (χ4v) is 1.42. The average molecular weight is 251 g/mol. The van der Waals surface area contributed by atoms with E-state index in [0.29, 0.717) is 5.56 Å². The van der Waals surface area contributed by atoms with Crippen LogP contribution in [0.25, 0.3) is 0 Å². The highest BCUT2D eigenvalue weighted by Gasteiger charge is 2.18. The molecule has 0 aliphatic rings. The molecular weight excluding hydrogens is 237 g/mol. The number of halogens is 1. The third kappa shape index (κ3) is 4.37. The molecule has 0 bridgehead atoms. The first-order chi connectivity index (χ1) is 8.52. The molecule has 0 aromatic heterocycles. The number of nitrogens with one attached hydrogen (secondary N) is 1. The second-order valence-electron chi connectivity index (χ2n) is 3.79. The number of rotatable bonds is 6. The van der Waals surface area contributed by atoms with Gasteiger partial charge >= 0.3 is 5.97 Å². The smallest absolute Gasteiger partial charge is 0.326 e. The molecule has 0 fully saturated rings. The molecule has 0 unspecified atom stereocenters. The van der Waals surface area contributed by atoms with Gasteiger partial charge in [0.1, 0.15) is 11.9 Å². The minimum absolute atomic E-state index is 0.0151. The molecule has 0 heterocycles. The molecule has 0 saturated heterocycles. The van der Waals surface area contributed by atoms with Crippen molar-refractivity contribution in [1.29, 1.82) is 0 Å². The lowest BCUT2D eigenvalue weighted by atomic mass is 10.1. The van der Waals surface area contributed by atoms with Crippen LogP contribution in [0, 0.1) is 5.82 Å². The Morgan fingerprint density at radius 3 is 2.50 bits per heavy atom. The molecular formula is C13H14FNO3. The molecule has 1 amide bonds. The summed E-state index contributed by atoms with van der Waals surface area (Å²) in [5.41, 5.74) is 0.622. The number of aliphatic carboxylic acids is 1. The van der Waals surface area contributed by atoms with Gasteiger partial charge in [0, 0.05) is 0 Å². The Morgan fingerprint density at radius 1 is 1.39 bits per heavy atom. The van der Waals surface area contributed by atoms with Crippen molar-refractivity contribution >= 4 is 11.9 Å². The zero-order valence-corrected chi connectivity index (χ0v) is 9.73. The average Bonchev–Trinajstić information content (AvgIpc) is 2.31. The number of amides is 1. The molecule has 1 atom stereocenters. The van der Waals surface area contributed by atoms with Gasteiger partial charge in [0.05, 0.1) is 6.42 Å². The van der Waals surface area contributed by atoms with Crippen LogP contribution in [0.4, 0.5) is 4.39 Å². The highest BCUT2D eigenvalue weighted by atomic mass is 19.1. The van der Waals surface area contributed by atoms with E-state index < -0.39 is 17.9 Å². The Morgan fingerprint density at radius 2 is 2.00 bits per heavy atom. The van der Waals surface area contributed by atoms with E-state index in [2.05, 4.69) is 11.9 Å². The molecule has 0 aliphatic carbocycles. The van der Waals surface area contributed by atoms with Crippen LogP contribution in [0.3, 0.4) is 0 Å². The summed E-state index contributed by atoms with van der Waals surface area (Å²) in [5, 5.41) is 11.2. The first-order valence-electron chi connectivity index (χ1n) is 5.40. The van der Waals surface area contributed by atoms with Crippen LogP contribution in [0.2, 0.25) is 0 Å². The predicted molar refractivity (Wildman–Crippen MR) is 64.5 cm³/mol. The van der Waals surface area contributed by atoms with E-state index in [1.165, 1.54) is 30.3 Å². The zero-order valence-electron chi connectivity index (χ0n) is 9.73. The Kier molecular flexibility index (Phi) is 5.05. The van der Waals surface area contributed by atoms with E-state index in [1.54, 1.807) is 0 Å². The van der Waals surface area contributed by atoms with E-state index in [1.807, 2.05) is 0 Å². The summed E-state index contributed by atoms with van der Waals surface area (Å²) in [7, 11) is 0. The van der Waals surface area contributed by atoms with E-state index in [-0.39, 0.29) is 18.7 Å². The third-order valence-corrected chi connectivity index (χ3v) is 2.31. The van der Waals surface area contributed by atoms with Crippen LogP contribution >= 0.6 is 0 Å². The molecule has 0 saturated carbocycles. The fourth-order valence-electron chi connectivity index (χ4n) is 1.42. The fraction of sp³-hybridized carbons (Fsp3) is 0.231. The van der Waals surface area contributed by atoms with Gasteiger partial charge in [-0.3, -0.25) is 4.79 Å².